The average Bonchev–Trinajstić information content (AvgIpc) is 3.11. The molecule has 2 aromatic carbocycles. The van der Waals surface area contributed by atoms with Crippen molar-refractivity contribution in [2.45, 2.75) is 18.6 Å². The van der Waals surface area contributed by atoms with E-state index in [0.717, 1.165) is 29.0 Å². The van der Waals surface area contributed by atoms with Gasteiger partial charge in [0.2, 0.25) is 5.91 Å². The Morgan fingerprint density at radius 1 is 1.23 bits per heavy atom. The van der Waals surface area contributed by atoms with Crippen molar-refractivity contribution in [1.29, 1.82) is 0 Å². The Hall–Kier alpha value is -2.47. The van der Waals surface area contributed by atoms with Crippen molar-refractivity contribution in [2.75, 3.05) is 19.4 Å². The maximum Gasteiger partial charge on any atom is 0.230 e. The van der Waals surface area contributed by atoms with E-state index in [0.29, 0.717) is 12.3 Å². The highest BCUT2D eigenvalue weighted by Crippen LogP contribution is 2.27. The van der Waals surface area contributed by atoms with E-state index in [1.165, 1.54) is 5.56 Å². The van der Waals surface area contributed by atoms with Crippen molar-refractivity contribution in [3.63, 3.8) is 0 Å². The Morgan fingerprint density at radius 2 is 2.00 bits per heavy atom. The molecule has 0 saturated heterocycles. The van der Waals surface area contributed by atoms with Gasteiger partial charge in [-0.05, 0) is 43.2 Å². The fraction of sp³-hybridized carbons (Fsp3) is 0.300. The fourth-order valence-corrected chi connectivity index (χ4v) is 3.41. The number of H-pyrrole nitrogens is 1. The number of hydrogen-bond acceptors (Lipinski definition) is 4. The van der Waals surface area contributed by atoms with Gasteiger partial charge in [-0.25, -0.2) is 4.98 Å². The quantitative estimate of drug-likeness (QED) is 0.635. The second-order valence-corrected chi connectivity index (χ2v) is 7.37. The molecule has 3 rings (SSSR count). The number of aromatic nitrogens is 2. The number of para-hydroxylation sites is 2. The molecule has 0 saturated carbocycles. The van der Waals surface area contributed by atoms with Gasteiger partial charge in [0, 0.05) is 6.54 Å². The van der Waals surface area contributed by atoms with Gasteiger partial charge in [-0.1, -0.05) is 24.3 Å². The van der Waals surface area contributed by atoms with Crippen LogP contribution in [0.4, 0.5) is 0 Å². The van der Waals surface area contributed by atoms with Crippen LogP contribution in [-0.4, -0.2) is 35.3 Å². The Balaban J connectivity index is 1.41. The number of carbonyl (C=O) groups is 1. The number of hydrogen-bond donors (Lipinski definition) is 2. The second-order valence-electron chi connectivity index (χ2n) is 6.04. The summed E-state index contributed by atoms with van der Waals surface area (Å²) >= 11 is 1.58. The number of rotatable bonds is 8. The van der Waals surface area contributed by atoms with Gasteiger partial charge in [0.25, 0.3) is 0 Å². The van der Waals surface area contributed by atoms with Gasteiger partial charge >= 0.3 is 0 Å². The lowest BCUT2D eigenvalue weighted by molar-refractivity contribution is -0.118. The highest BCUT2D eigenvalue weighted by atomic mass is 32.2. The molecule has 0 spiro atoms. The zero-order chi connectivity index (χ0) is 18.4. The van der Waals surface area contributed by atoms with Crippen LogP contribution in [0.1, 0.15) is 23.6 Å². The summed E-state index contributed by atoms with van der Waals surface area (Å²) in [4.78, 5) is 20.0. The van der Waals surface area contributed by atoms with Crippen molar-refractivity contribution in [3.05, 3.63) is 59.9 Å². The average molecular weight is 369 g/mol. The molecule has 1 atom stereocenters. The smallest absolute Gasteiger partial charge is 0.230 e. The van der Waals surface area contributed by atoms with Gasteiger partial charge in [0.15, 0.2) is 0 Å². The van der Waals surface area contributed by atoms with Crippen molar-refractivity contribution in [3.8, 4) is 5.75 Å². The van der Waals surface area contributed by atoms with E-state index < -0.39 is 0 Å². The first kappa shape index (κ1) is 18.3. The molecular weight excluding hydrogens is 346 g/mol. The molecule has 0 radical (unpaired) electrons. The third-order valence-electron chi connectivity index (χ3n) is 4.15. The minimum Gasteiger partial charge on any atom is -0.497 e. The van der Waals surface area contributed by atoms with Gasteiger partial charge < -0.3 is 15.0 Å². The number of carbonyl (C=O) groups excluding carboxylic acids is 1. The number of aromatic amines is 1. The monoisotopic (exact) mass is 369 g/mol. The summed E-state index contributed by atoms with van der Waals surface area (Å²) in [6.45, 7) is 2.69. The Morgan fingerprint density at radius 3 is 2.73 bits per heavy atom. The molecule has 3 aromatic rings. The van der Waals surface area contributed by atoms with Crippen LogP contribution < -0.4 is 10.1 Å². The molecule has 1 amide bonds. The molecule has 6 heteroatoms. The first-order chi connectivity index (χ1) is 12.7. The summed E-state index contributed by atoms with van der Waals surface area (Å²) in [5.74, 6) is 2.21. The predicted molar refractivity (Wildman–Crippen MR) is 107 cm³/mol. The van der Waals surface area contributed by atoms with E-state index in [4.69, 9.17) is 4.74 Å². The van der Waals surface area contributed by atoms with Crippen molar-refractivity contribution >= 4 is 28.7 Å². The summed E-state index contributed by atoms with van der Waals surface area (Å²) in [5.41, 5.74) is 3.16. The topological polar surface area (TPSA) is 67.0 Å². The van der Waals surface area contributed by atoms with Crippen molar-refractivity contribution < 1.29 is 9.53 Å². The normalized spacial score (nSPS) is 12.1. The van der Waals surface area contributed by atoms with E-state index in [2.05, 4.69) is 22.2 Å². The maximum atomic E-state index is 12.1. The zero-order valence-electron chi connectivity index (χ0n) is 15.0. The van der Waals surface area contributed by atoms with Crippen LogP contribution in [0.5, 0.6) is 5.75 Å². The number of nitrogens with one attached hydrogen (secondary N) is 2. The minimum atomic E-state index is 0.0477. The van der Waals surface area contributed by atoms with Gasteiger partial charge in [-0.2, -0.15) is 0 Å². The molecule has 5 nitrogen and oxygen atoms in total. The Bertz CT molecular complexity index is 828. The number of methoxy groups -OCH3 is 1. The number of amides is 1. The molecule has 1 aromatic heterocycles. The van der Waals surface area contributed by atoms with E-state index in [-0.39, 0.29) is 11.2 Å². The summed E-state index contributed by atoms with van der Waals surface area (Å²) in [6.07, 6.45) is 0.805. The number of benzene rings is 2. The van der Waals surface area contributed by atoms with Crippen LogP contribution in [0, 0.1) is 0 Å². The fourth-order valence-electron chi connectivity index (χ4n) is 2.63. The molecule has 0 aliphatic heterocycles. The standard InChI is InChI=1S/C20H23N3O2S/c1-14(20-22-17-5-3-4-6-18(17)23-20)26-13-19(24)21-12-11-15-7-9-16(25-2)10-8-15/h3-10,14H,11-13H2,1-2H3,(H,21,24)(H,22,23)/t14-/m1/s1. The van der Waals surface area contributed by atoms with E-state index in [1.54, 1.807) is 18.9 Å². The Labute approximate surface area is 157 Å². The van der Waals surface area contributed by atoms with Crippen LogP contribution in [0.15, 0.2) is 48.5 Å². The zero-order valence-corrected chi connectivity index (χ0v) is 15.8. The van der Waals surface area contributed by atoms with E-state index >= 15 is 0 Å². The van der Waals surface area contributed by atoms with Crippen molar-refractivity contribution in [2.24, 2.45) is 0 Å². The molecule has 0 fully saturated rings. The van der Waals surface area contributed by atoms with Crippen LogP contribution in [-0.2, 0) is 11.2 Å². The summed E-state index contributed by atoms with van der Waals surface area (Å²) in [5, 5.41) is 3.11. The predicted octanol–water partition coefficient (Wildman–Crippen LogP) is 3.72. The molecule has 2 N–H and O–H groups in total. The van der Waals surface area contributed by atoms with E-state index in [1.807, 2.05) is 48.5 Å². The first-order valence-electron chi connectivity index (χ1n) is 8.61. The molecule has 0 unspecified atom stereocenters. The van der Waals surface area contributed by atoms with Crippen LogP contribution in [0.3, 0.4) is 0 Å². The highest BCUT2D eigenvalue weighted by Gasteiger charge is 2.13. The lowest BCUT2D eigenvalue weighted by Gasteiger charge is -2.09. The highest BCUT2D eigenvalue weighted by molar-refractivity contribution is 8.00. The summed E-state index contributed by atoms with van der Waals surface area (Å²) < 4.78 is 5.14. The third-order valence-corrected chi connectivity index (χ3v) is 5.30. The number of nitrogens with zero attached hydrogens (tertiary/aromatic N) is 1. The number of fused-ring (bicyclic) bond motifs is 1. The van der Waals surface area contributed by atoms with Gasteiger partial charge in [0.05, 0.1) is 29.1 Å². The van der Waals surface area contributed by atoms with Crippen LogP contribution in [0.2, 0.25) is 0 Å². The van der Waals surface area contributed by atoms with Crippen LogP contribution >= 0.6 is 11.8 Å². The maximum absolute atomic E-state index is 12.1. The molecule has 1 heterocycles. The molecular formula is C20H23N3O2S. The summed E-state index contributed by atoms with van der Waals surface area (Å²) in [7, 11) is 1.65. The van der Waals surface area contributed by atoms with Gasteiger partial charge in [0.1, 0.15) is 11.6 Å². The molecule has 0 bridgehead atoms. The SMILES string of the molecule is COc1ccc(CCNC(=O)CS[C@H](C)c2nc3ccccc3[nH]2)cc1. The van der Waals surface area contributed by atoms with Gasteiger partial charge in [-0.3, -0.25) is 4.79 Å². The molecule has 136 valence electrons. The van der Waals surface area contributed by atoms with Crippen molar-refractivity contribution in [1.82, 2.24) is 15.3 Å². The third kappa shape index (κ3) is 4.79. The van der Waals surface area contributed by atoms with Gasteiger partial charge in [-0.15, -0.1) is 11.8 Å². The number of thioether (sulfide) groups is 1. The minimum absolute atomic E-state index is 0.0477. The molecule has 26 heavy (non-hydrogen) atoms. The van der Waals surface area contributed by atoms with E-state index in [9.17, 15) is 4.79 Å². The van der Waals surface area contributed by atoms with Crippen LogP contribution in [0.25, 0.3) is 11.0 Å². The lowest BCUT2D eigenvalue weighted by Crippen LogP contribution is -2.27. The number of ether oxygens (including phenoxy) is 1. The first-order valence-corrected chi connectivity index (χ1v) is 9.66. The lowest BCUT2D eigenvalue weighted by atomic mass is 10.1. The number of imidazole rings is 1. The second kappa shape index (κ2) is 8.76. The Kier molecular flexibility index (Phi) is 6.17. The molecule has 0 aliphatic rings. The summed E-state index contributed by atoms with van der Waals surface area (Å²) in [6, 6.07) is 15.9. The molecule has 0 aliphatic carbocycles. The largest absolute Gasteiger partial charge is 0.497 e.